The summed E-state index contributed by atoms with van der Waals surface area (Å²) in [6.45, 7) is 6.10. The molecule has 4 amide bonds. The van der Waals surface area contributed by atoms with Gasteiger partial charge in [0, 0.05) is 37.4 Å². The maximum absolute atomic E-state index is 14.1. The first kappa shape index (κ1) is 34.0. The fraction of sp³-hybridized carbons (Fsp3) is 0.618. The van der Waals surface area contributed by atoms with Gasteiger partial charge in [-0.3, -0.25) is 24.0 Å². The molecule has 246 valence electrons. The number of hydrogen-bond acceptors (Lipinski definition) is 6. The van der Waals surface area contributed by atoms with Crippen LogP contribution in [-0.4, -0.2) is 76.9 Å². The minimum Gasteiger partial charge on any atom is -0.417 e. The van der Waals surface area contributed by atoms with Gasteiger partial charge >= 0.3 is 0 Å². The molecule has 2 aromatic rings. The summed E-state index contributed by atoms with van der Waals surface area (Å²) in [7, 11) is 1.56. The van der Waals surface area contributed by atoms with Gasteiger partial charge in [-0.2, -0.15) is 4.73 Å². The van der Waals surface area contributed by atoms with Crippen LogP contribution in [-0.2, 0) is 30.4 Å². The zero-order chi connectivity index (χ0) is 32.5. The van der Waals surface area contributed by atoms with Crippen LogP contribution in [0.1, 0.15) is 90.5 Å². The van der Waals surface area contributed by atoms with Crippen molar-refractivity contribution in [3.8, 4) is 0 Å². The minimum atomic E-state index is -1.01. The van der Waals surface area contributed by atoms with Gasteiger partial charge in [0.2, 0.25) is 23.6 Å². The number of ketones is 1. The van der Waals surface area contributed by atoms with Crippen molar-refractivity contribution in [1.29, 1.82) is 0 Å². The van der Waals surface area contributed by atoms with Crippen molar-refractivity contribution < 1.29 is 28.8 Å². The lowest BCUT2D eigenvalue weighted by molar-refractivity contribution is -0.147. The number of nitrogens with zero attached hydrogens (tertiary/aromatic N) is 2. The average molecular weight is 624 g/mol. The van der Waals surface area contributed by atoms with Crippen LogP contribution < -0.4 is 20.8 Å². The van der Waals surface area contributed by atoms with Gasteiger partial charge in [-0.05, 0) is 49.7 Å². The van der Waals surface area contributed by atoms with Gasteiger partial charge in [0.1, 0.15) is 37.1 Å². The molecule has 5 atom stereocenters. The van der Waals surface area contributed by atoms with Crippen molar-refractivity contribution in [2.45, 2.75) is 116 Å². The van der Waals surface area contributed by atoms with Crippen LogP contribution in [0.15, 0.2) is 30.5 Å². The van der Waals surface area contributed by atoms with E-state index in [1.807, 2.05) is 45.0 Å². The van der Waals surface area contributed by atoms with Crippen LogP contribution in [0, 0.1) is 5.92 Å². The number of aromatic nitrogens is 1. The van der Waals surface area contributed by atoms with E-state index >= 15 is 0 Å². The van der Waals surface area contributed by atoms with Gasteiger partial charge in [0.05, 0.1) is 5.52 Å². The molecule has 0 bridgehead atoms. The van der Waals surface area contributed by atoms with E-state index in [-0.39, 0.29) is 29.9 Å². The lowest BCUT2D eigenvalue weighted by atomic mass is 9.94. The predicted molar refractivity (Wildman–Crippen MR) is 171 cm³/mol. The summed E-state index contributed by atoms with van der Waals surface area (Å²) in [4.78, 5) is 74.6. The fourth-order valence-electron chi connectivity index (χ4n) is 6.40. The summed E-state index contributed by atoms with van der Waals surface area (Å²) in [6.07, 6.45) is 8.10. The molecule has 1 unspecified atom stereocenters. The van der Waals surface area contributed by atoms with Crippen molar-refractivity contribution >= 4 is 40.3 Å². The van der Waals surface area contributed by atoms with Crippen LogP contribution >= 0.6 is 0 Å². The van der Waals surface area contributed by atoms with Gasteiger partial charge < -0.3 is 25.7 Å². The maximum atomic E-state index is 14.1. The highest BCUT2D eigenvalue weighted by molar-refractivity contribution is 5.98. The molecule has 11 heteroatoms. The second-order valence-electron chi connectivity index (χ2n) is 12.4. The Morgan fingerprint density at radius 3 is 2.44 bits per heavy atom. The largest absolute Gasteiger partial charge is 0.417 e. The minimum absolute atomic E-state index is 0.155. The molecular weight excluding hydrogens is 574 g/mol. The van der Waals surface area contributed by atoms with E-state index in [0.717, 1.165) is 42.1 Å². The molecule has 1 aromatic carbocycles. The number of fused-ring (bicyclic) bond motifs is 2. The first-order valence-corrected chi connectivity index (χ1v) is 16.5. The van der Waals surface area contributed by atoms with Gasteiger partial charge in [0.25, 0.3) is 0 Å². The van der Waals surface area contributed by atoms with Crippen molar-refractivity contribution in [1.82, 2.24) is 25.6 Å². The molecule has 45 heavy (non-hydrogen) atoms. The molecule has 0 aliphatic carbocycles. The summed E-state index contributed by atoms with van der Waals surface area (Å²) in [5, 5.41) is 9.75. The number of piperidine rings is 1. The SMILES string of the molecule is CCC(=O)CCCCC[C@@H]1NC(=O)C(Cc2cn(OC)c3ccccc23)NC(=O)[C@H]([C@H](C)CC)NC(=O)[C@@H]2CCCCN2C1=O. The quantitative estimate of drug-likeness (QED) is 0.311. The van der Waals surface area contributed by atoms with E-state index in [2.05, 4.69) is 16.0 Å². The molecule has 11 nitrogen and oxygen atoms in total. The van der Waals surface area contributed by atoms with Crippen molar-refractivity contribution in [3.63, 3.8) is 0 Å². The van der Waals surface area contributed by atoms with Crippen molar-refractivity contribution in [2.75, 3.05) is 13.7 Å². The average Bonchev–Trinajstić information content (AvgIpc) is 3.41. The third-order valence-electron chi connectivity index (χ3n) is 9.35. The highest BCUT2D eigenvalue weighted by Gasteiger charge is 2.40. The standard InChI is InChI=1S/C34H49N5O6/c1-5-22(3)30-33(43)36-27(20-23-21-39(45-4)28-17-11-10-15-25(23)28)31(41)35-26(16-9-7-8-14-24(40)6-2)34(44)38-19-13-12-18-29(38)32(42)37-30/h10-11,15,17,21-22,26-27,29-30H,5-9,12-14,16,18-20H2,1-4H3,(H,35,41)(H,36,43)(H,37,42)/t22-,26+,27?,29+,30+/m1/s1. The molecule has 0 spiro atoms. The number of carbonyl (C=O) groups is 5. The van der Waals surface area contributed by atoms with Gasteiger partial charge in [0.15, 0.2) is 0 Å². The Balaban J connectivity index is 1.67. The van der Waals surface area contributed by atoms with Gasteiger partial charge in [-0.25, -0.2) is 0 Å². The lowest BCUT2D eigenvalue weighted by Gasteiger charge is -2.39. The number of rotatable bonds is 12. The zero-order valence-electron chi connectivity index (χ0n) is 27.1. The molecule has 0 saturated carbocycles. The maximum Gasteiger partial charge on any atom is 0.245 e. The van der Waals surface area contributed by atoms with E-state index in [4.69, 9.17) is 4.84 Å². The molecular formula is C34H49N5O6. The van der Waals surface area contributed by atoms with Gasteiger partial charge in [-0.15, -0.1) is 0 Å². The summed E-state index contributed by atoms with van der Waals surface area (Å²) < 4.78 is 1.62. The third kappa shape index (κ3) is 8.23. The van der Waals surface area contributed by atoms with Crippen LogP contribution in [0.25, 0.3) is 10.9 Å². The Morgan fingerprint density at radius 2 is 1.71 bits per heavy atom. The summed E-state index contributed by atoms with van der Waals surface area (Å²) in [5.41, 5.74) is 1.62. The van der Waals surface area contributed by atoms with E-state index in [0.29, 0.717) is 45.1 Å². The molecule has 2 aliphatic rings. The normalized spacial score (nSPS) is 23.7. The Morgan fingerprint density at radius 1 is 0.956 bits per heavy atom. The smallest absolute Gasteiger partial charge is 0.245 e. The van der Waals surface area contributed by atoms with E-state index in [1.165, 1.54) is 0 Å². The molecule has 4 rings (SSSR count). The zero-order valence-corrected chi connectivity index (χ0v) is 27.1. The molecule has 1 aromatic heterocycles. The van der Waals surface area contributed by atoms with Crippen LogP contribution in [0.2, 0.25) is 0 Å². The van der Waals surface area contributed by atoms with Crippen LogP contribution in [0.3, 0.4) is 0 Å². The molecule has 2 aliphatic heterocycles. The number of hydrogen-bond donors (Lipinski definition) is 3. The number of Topliss-reactive ketones (excluding diaryl/α,β-unsaturated/α-hetero) is 1. The topological polar surface area (TPSA) is 139 Å². The van der Waals surface area contributed by atoms with Crippen molar-refractivity contribution in [2.24, 2.45) is 5.92 Å². The van der Waals surface area contributed by atoms with Crippen LogP contribution in [0.5, 0.6) is 0 Å². The second-order valence-corrected chi connectivity index (χ2v) is 12.4. The first-order valence-electron chi connectivity index (χ1n) is 16.5. The number of para-hydroxylation sites is 1. The van der Waals surface area contributed by atoms with E-state index < -0.39 is 36.0 Å². The molecule has 2 saturated heterocycles. The summed E-state index contributed by atoms with van der Waals surface area (Å²) >= 11 is 0. The number of benzene rings is 1. The number of unbranched alkanes of at least 4 members (excludes halogenated alkanes) is 2. The summed E-state index contributed by atoms with van der Waals surface area (Å²) in [6, 6.07) is 4.20. The van der Waals surface area contributed by atoms with Gasteiger partial charge in [-0.1, -0.05) is 58.2 Å². The van der Waals surface area contributed by atoms with E-state index in [1.54, 1.807) is 22.9 Å². The van der Waals surface area contributed by atoms with Crippen molar-refractivity contribution in [3.05, 3.63) is 36.0 Å². The second kappa shape index (κ2) is 15.9. The molecule has 3 N–H and O–H groups in total. The molecule has 0 radical (unpaired) electrons. The lowest BCUT2D eigenvalue weighted by Crippen LogP contribution is -2.64. The Kier molecular flexibility index (Phi) is 12.0. The Bertz CT molecular complexity index is 1370. The van der Waals surface area contributed by atoms with E-state index in [9.17, 15) is 24.0 Å². The molecule has 3 heterocycles. The number of carbonyl (C=O) groups excluding carboxylic acids is 5. The highest BCUT2D eigenvalue weighted by atomic mass is 16.6. The monoisotopic (exact) mass is 623 g/mol. The summed E-state index contributed by atoms with van der Waals surface area (Å²) in [5.74, 6) is -1.51. The number of nitrogens with one attached hydrogen (secondary N) is 3. The Hall–Kier alpha value is -3.89. The Labute approximate surface area is 265 Å². The number of amides is 4. The first-order chi connectivity index (χ1) is 21.7. The molecule has 2 fully saturated rings. The highest BCUT2D eigenvalue weighted by Crippen LogP contribution is 2.24. The predicted octanol–water partition coefficient (Wildman–Crippen LogP) is 3.07. The third-order valence-corrected chi connectivity index (χ3v) is 9.35. The fourth-order valence-corrected chi connectivity index (χ4v) is 6.40. The van der Waals surface area contributed by atoms with Crippen LogP contribution in [0.4, 0.5) is 0 Å².